The zero-order chi connectivity index (χ0) is 10.4. The van der Waals surface area contributed by atoms with Crippen molar-refractivity contribution in [3.8, 4) is 0 Å². The Labute approximate surface area is 86.5 Å². The lowest BCUT2D eigenvalue weighted by molar-refractivity contribution is 0.411. The van der Waals surface area contributed by atoms with E-state index in [-0.39, 0.29) is 0 Å². The van der Waals surface area contributed by atoms with Gasteiger partial charge >= 0.3 is 0 Å². The minimum atomic E-state index is 0.525. The molecule has 0 amide bonds. The van der Waals surface area contributed by atoms with Gasteiger partial charge in [-0.3, -0.25) is 5.43 Å². The molecule has 1 fully saturated rings. The largest absolute Gasteiger partial charge is 0.342 e. The van der Waals surface area contributed by atoms with E-state index in [0.717, 1.165) is 19.0 Å². The van der Waals surface area contributed by atoms with Crippen LogP contribution in [0.15, 0.2) is 4.99 Å². The molecule has 1 rings (SSSR count). The van der Waals surface area contributed by atoms with E-state index in [1.807, 2.05) is 0 Å². The molecule has 0 aromatic heterocycles. The normalized spacial score (nSPS) is 16.9. The maximum Gasteiger partial charge on any atom is 0.208 e. The number of hydrazine groups is 1. The number of hydrogen-bond donors (Lipinski definition) is 2. The van der Waals surface area contributed by atoms with Gasteiger partial charge in [0.2, 0.25) is 5.96 Å². The maximum atomic E-state index is 5.47. The number of aliphatic imine (C=N–C) groups is 1. The first-order valence-electron chi connectivity index (χ1n) is 5.61. The van der Waals surface area contributed by atoms with Gasteiger partial charge in [-0.05, 0) is 26.2 Å². The Bertz CT molecular complexity index is 187. The van der Waals surface area contributed by atoms with Crippen LogP contribution in [0, 0.1) is 0 Å². The number of guanidine groups is 1. The molecule has 0 aromatic carbocycles. The molecule has 3 N–H and O–H groups in total. The summed E-state index contributed by atoms with van der Waals surface area (Å²) in [5.41, 5.74) is 2.71. The van der Waals surface area contributed by atoms with Crippen LogP contribution in [-0.4, -0.2) is 30.0 Å². The lowest BCUT2D eigenvalue weighted by Gasteiger charge is -2.23. The van der Waals surface area contributed by atoms with Gasteiger partial charge in [-0.1, -0.05) is 13.3 Å². The van der Waals surface area contributed by atoms with Crippen LogP contribution in [0.1, 0.15) is 39.5 Å². The molecule has 4 heteroatoms. The first-order chi connectivity index (χ1) is 6.81. The monoisotopic (exact) mass is 198 g/mol. The molecule has 0 bridgehead atoms. The minimum absolute atomic E-state index is 0.525. The van der Waals surface area contributed by atoms with Gasteiger partial charge in [-0.25, -0.2) is 10.8 Å². The molecule has 82 valence electrons. The summed E-state index contributed by atoms with van der Waals surface area (Å²) in [7, 11) is 0. The van der Waals surface area contributed by atoms with Gasteiger partial charge in [0.25, 0.3) is 0 Å². The zero-order valence-corrected chi connectivity index (χ0v) is 9.29. The highest BCUT2D eigenvalue weighted by atomic mass is 15.4. The molecule has 1 aliphatic carbocycles. The topological polar surface area (TPSA) is 53.6 Å². The van der Waals surface area contributed by atoms with E-state index in [1.54, 1.807) is 0 Å². The van der Waals surface area contributed by atoms with E-state index in [0.29, 0.717) is 6.04 Å². The average molecular weight is 198 g/mol. The van der Waals surface area contributed by atoms with Crippen molar-refractivity contribution in [1.29, 1.82) is 0 Å². The van der Waals surface area contributed by atoms with Crippen LogP contribution in [0.25, 0.3) is 0 Å². The second kappa shape index (κ2) is 5.86. The Morgan fingerprint density at radius 3 is 2.64 bits per heavy atom. The number of unbranched alkanes of at least 4 members (excludes halogenated alkanes) is 1. The smallest absolute Gasteiger partial charge is 0.208 e. The summed E-state index contributed by atoms with van der Waals surface area (Å²) in [5.74, 6) is 6.34. The van der Waals surface area contributed by atoms with Crippen molar-refractivity contribution >= 4 is 5.96 Å². The Kier molecular flexibility index (Phi) is 4.73. The quantitative estimate of drug-likeness (QED) is 0.301. The third-order valence-electron chi connectivity index (χ3n) is 2.44. The van der Waals surface area contributed by atoms with Crippen molar-refractivity contribution in [2.45, 2.75) is 45.6 Å². The van der Waals surface area contributed by atoms with Crippen molar-refractivity contribution in [3.63, 3.8) is 0 Å². The number of nitrogens with zero attached hydrogens (tertiary/aromatic N) is 2. The van der Waals surface area contributed by atoms with Crippen LogP contribution in [0.4, 0.5) is 0 Å². The molecule has 0 aromatic rings. The molecule has 0 unspecified atom stereocenters. The predicted molar refractivity (Wildman–Crippen MR) is 59.9 cm³/mol. The molecular formula is C10H22N4. The highest BCUT2D eigenvalue weighted by Gasteiger charge is 2.22. The molecule has 0 radical (unpaired) electrons. The van der Waals surface area contributed by atoms with E-state index in [1.165, 1.54) is 25.7 Å². The molecular weight excluding hydrogens is 176 g/mol. The first-order valence-corrected chi connectivity index (χ1v) is 5.61. The van der Waals surface area contributed by atoms with Crippen molar-refractivity contribution in [3.05, 3.63) is 0 Å². The molecule has 0 aliphatic heterocycles. The van der Waals surface area contributed by atoms with Crippen molar-refractivity contribution in [2.75, 3.05) is 13.1 Å². The van der Waals surface area contributed by atoms with E-state index in [4.69, 9.17) is 5.84 Å². The standard InChI is InChI=1S/C10H22N4/c1-3-5-8-14(4-2)10(13-11)12-9-6-7-9/h9H,3-8,11H2,1-2H3,(H,12,13). The average Bonchev–Trinajstić information content (AvgIpc) is 3.00. The van der Waals surface area contributed by atoms with Crippen LogP contribution in [0.3, 0.4) is 0 Å². The Morgan fingerprint density at radius 1 is 1.50 bits per heavy atom. The molecule has 0 atom stereocenters. The molecule has 1 saturated carbocycles. The zero-order valence-electron chi connectivity index (χ0n) is 9.29. The molecule has 0 heterocycles. The number of nitrogens with two attached hydrogens (primary N) is 1. The van der Waals surface area contributed by atoms with Gasteiger partial charge in [0.1, 0.15) is 0 Å². The summed E-state index contributed by atoms with van der Waals surface area (Å²) in [5, 5.41) is 0. The van der Waals surface area contributed by atoms with E-state index in [9.17, 15) is 0 Å². The highest BCUT2D eigenvalue weighted by Crippen LogP contribution is 2.23. The van der Waals surface area contributed by atoms with E-state index in [2.05, 4.69) is 29.2 Å². The highest BCUT2D eigenvalue weighted by molar-refractivity contribution is 5.79. The Morgan fingerprint density at radius 2 is 2.21 bits per heavy atom. The van der Waals surface area contributed by atoms with Crippen molar-refractivity contribution in [2.24, 2.45) is 10.8 Å². The van der Waals surface area contributed by atoms with Crippen molar-refractivity contribution < 1.29 is 0 Å². The fourth-order valence-electron chi connectivity index (χ4n) is 1.35. The third-order valence-corrected chi connectivity index (χ3v) is 2.44. The summed E-state index contributed by atoms with van der Waals surface area (Å²) < 4.78 is 0. The molecule has 14 heavy (non-hydrogen) atoms. The van der Waals surface area contributed by atoms with Gasteiger partial charge in [0.15, 0.2) is 0 Å². The number of hydrogen-bond acceptors (Lipinski definition) is 2. The van der Waals surface area contributed by atoms with Crippen molar-refractivity contribution in [1.82, 2.24) is 10.3 Å². The van der Waals surface area contributed by atoms with Gasteiger partial charge in [0.05, 0.1) is 6.04 Å². The van der Waals surface area contributed by atoms with Gasteiger partial charge < -0.3 is 4.90 Å². The summed E-state index contributed by atoms with van der Waals surface area (Å²) in [6.45, 7) is 6.34. The second-order valence-electron chi connectivity index (χ2n) is 3.76. The Balaban J connectivity index is 2.44. The lowest BCUT2D eigenvalue weighted by Crippen LogP contribution is -2.45. The van der Waals surface area contributed by atoms with Crippen LogP contribution in [0.2, 0.25) is 0 Å². The van der Waals surface area contributed by atoms with Crippen LogP contribution in [-0.2, 0) is 0 Å². The van der Waals surface area contributed by atoms with Crippen LogP contribution >= 0.6 is 0 Å². The minimum Gasteiger partial charge on any atom is -0.342 e. The summed E-state index contributed by atoms with van der Waals surface area (Å²) in [4.78, 5) is 6.75. The predicted octanol–water partition coefficient (Wildman–Crippen LogP) is 1.09. The van der Waals surface area contributed by atoms with Gasteiger partial charge in [-0.15, -0.1) is 0 Å². The van der Waals surface area contributed by atoms with Crippen LogP contribution < -0.4 is 11.3 Å². The second-order valence-corrected chi connectivity index (χ2v) is 3.76. The van der Waals surface area contributed by atoms with E-state index >= 15 is 0 Å². The number of rotatable bonds is 5. The lowest BCUT2D eigenvalue weighted by atomic mass is 10.3. The molecule has 1 aliphatic rings. The summed E-state index contributed by atoms with van der Waals surface area (Å²) >= 11 is 0. The van der Waals surface area contributed by atoms with Gasteiger partial charge in [0, 0.05) is 13.1 Å². The maximum absolute atomic E-state index is 5.47. The Hall–Kier alpha value is -0.770. The van der Waals surface area contributed by atoms with Crippen LogP contribution in [0.5, 0.6) is 0 Å². The SMILES string of the molecule is CCCCN(CC)C(=NC1CC1)NN. The summed E-state index contributed by atoms with van der Waals surface area (Å²) in [6, 6.07) is 0.525. The first kappa shape index (κ1) is 11.3. The molecule has 0 saturated heterocycles. The fraction of sp³-hybridized carbons (Fsp3) is 0.900. The molecule has 0 spiro atoms. The van der Waals surface area contributed by atoms with E-state index < -0.39 is 0 Å². The fourth-order valence-corrected chi connectivity index (χ4v) is 1.35. The third kappa shape index (κ3) is 3.54. The molecule has 4 nitrogen and oxygen atoms in total. The van der Waals surface area contributed by atoms with Gasteiger partial charge in [-0.2, -0.15) is 0 Å². The number of nitrogens with one attached hydrogen (secondary N) is 1. The summed E-state index contributed by atoms with van der Waals surface area (Å²) in [6.07, 6.45) is 4.84.